The van der Waals surface area contributed by atoms with Crippen LogP contribution in [0.15, 0.2) is 12.1 Å². The smallest absolute Gasteiger partial charge is 0.233 e. The highest BCUT2D eigenvalue weighted by Crippen LogP contribution is 2.29. The largest absolute Gasteiger partial charge is 0.473 e. The quantitative estimate of drug-likeness (QED) is 0.812. The Bertz CT molecular complexity index is 328. The molecule has 2 rings (SSSR count). The number of nitrogens with zero attached hydrogens (tertiary/aromatic N) is 2. The van der Waals surface area contributed by atoms with Gasteiger partial charge in [0.25, 0.3) is 0 Å². The van der Waals surface area contributed by atoms with E-state index in [1.165, 1.54) is 25.7 Å². The van der Waals surface area contributed by atoms with Gasteiger partial charge in [-0.1, -0.05) is 24.9 Å². The van der Waals surface area contributed by atoms with Crippen LogP contribution in [0.3, 0.4) is 0 Å². The van der Waals surface area contributed by atoms with Crippen LogP contribution >= 0.6 is 11.6 Å². The summed E-state index contributed by atoms with van der Waals surface area (Å²) < 4.78 is 5.88. The summed E-state index contributed by atoms with van der Waals surface area (Å²) in [6.45, 7) is 2.22. The Morgan fingerprint density at radius 2 is 2.12 bits per heavy atom. The Morgan fingerprint density at radius 3 is 2.81 bits per heavy atom. The van der Waals surface area contributed by atoms with Gasteiger partial charge in [0.2, 0.25) is 5.88 Å². The normalized spacial score (nSPS) is 25.4. The fourth-order valence-corrected chi connectivity index (χ4v) is 2.42. The van der Waals surface area contributed by atoms with Crippen molar-refractivity contribution in [1.29, 1.82) is 0 Å². The summed E-state index contributed by atoms with van der Waals surface area (Å²) in [6.07, 6.45) is 6.44. The lowest BCUT2D eigenvalue weighted by Crippen LogP contribution is -2.30. The molecule has 1 heterocycles. The van der Waals surface area contributed by atoms with Crippen LogP contribution in [-0.4, -0.2) is 16.3 Å². The molecule has 88 valence electrons. The average Bonchev–Trinajstić information content (AvgIpc) is 2.33. The predicted molar refractivity (Wildman–Crippen MR) is 63.7 cm³/mol. The van der Waals surface area contributed by atoms with Gasteiger partial charge in [-0.3, -0.25) is 0 Å². The van der Waals surface area contributed by atoms with Crippen molar-refractivity contribution in [3.05, 3.63) is 17.3 Å². The minimum Gasteiger partial charge on any atom is -0.473 e. The van der Waals surface area contributed by atoms with E-state index in [0.29, 0.717) is 23.1 Å². The van der Waals surface area contributed by atoms with Gasteiger partial charge < -0.3 is 4.74 Å². The van der Waals surface area contributed by atoms with Crippen LogP contribution in [0, 0.1) is 5.92 Å². The summed E-state index contributed by atoms with van der Waals surface area (Å²) in [6, 6.07) is 3.50. The Balaban J connectivity index is 1.99. The van der Waals surface area contributed by atoms with E-state index in [4.69, 9.17) is 16.3 Å². The third-order valence-corrected chi connectivity index (χ3v) is 3.44. The van der Waals surface area contributed by atoms with E-state index in [9.17, 15) is 0 Å². The van der Waals surface area contributed by atoms with E-state index in [-0.39, 0.29) is 0 Å². The maximum absolute atomic E-state index is 5.88. The predicted octanol–water partition coefficient (Wildman–Crippen LogP) is 3.48. The minimum absolute atomic E-state index is 0.300. The van der Waals surface area contributed by atoms with Crippen LogP contribution in [0.1, 0.15) is 39.0 Å². The molecule has 0 N–H and O–H groups in total. The van der Waals surface area contributed by atoms with E-state index in [1.807, 2.05) is 0 Å². The monoisotopic (exact) mass is 240 g/mol. The molecule has 0 aliphatic heterocycles. The molecule has 1 aliphatic rings. The minimum atomic E-state index is 0.300. The van der Waals surface area contributed by atoms with Gasteiger partial charge in [-0.25, -0.2) is 0 Å². The third-order valence-electron chi connectivity index (χ3n) is 3.24. The summed E-state index contributed by atoms with van der Waals surface area (Å²) in [5.41, 5.74) is 0. The molecule has 1 aromatic heterocycles. The van der Waals surface area contributed by atoms with Crippen molar-refractivity contribution >= 4 is 11.6 Å². The maximum Gasteiger partial charge on any atom is 0.233 e. The topological polar surface area (TPSA) is 35.0 Å². The lowest BCUT2D eigenvalue weighted by atomic mass is 9.85. The molecule has 0 spiro atoms. The van der Waals surface area contributed by atoms with Gasteiger partial charge in [0.05, 0.1) is 0 Å². The van der Waals surface area contributed by atoms with Crippen molar-refractivity contribution in [3.8, 4) is 5.88 Å². The van der Waals surface area contributed by atoms with Gasteiger partial charge in [0.1, 0.15) is 6.10 Å². The van der Waals surface area contributed by atoms with E-state index in [2.05, 4.69) is 17.1 Å². The first-order valence-corrected chi connectivity index (χ1v) is 6.33. The van der Waals surface area contributed by atoms with Crippen LogP contribution < -0.4 is 4.74 Å². The summed E-state index contributed by atoms with van der Waals surface area (Å²) in [4.78, 5) is 0. The van der Waals surface area contributed by atoms with Gasteiger partial charge in [0, 0.05) is 6.07 Å². The first-order chi connectivity index (χ1) is 7.79. The SMILES string of the molecule is CCC1CCCCC1Oc1ccc(Cl)nn1. The highest BCUT2D eigenvalue weighted by atomic mass is 35.5. The number of hydrogen-bond acceptors (Lipinski definition) is 3. The van der Waals surface area contributed by atoms with Crippen molar-refractivity contribution in [1.82, 2.24) is 10.2 Å². The lowest BCUT2D eigenvalue weighted by molar-refractivity contribution is 0.0848. The molecular formula is C12H17ClN2O. The van der Waals surface area contributed by atoms with Crippen molar-refractivity contribution in [2.45, 2.75) is 45.1 Å². The van der Waals surface area contributed by atoms with Crippen LogP contribution in [0.5, 0.6) is 5.88 Å². The van der Waals surface area contributed by atoms with Crippen molar-refractivity contribution in [3.63, 3.8) is 0 Å². The molecular weight excluding hydrogens is 224 g/mol. The molecule has 2 atom stereocenters. The first kappa shape index (κ1) is 11.6. The van der Waals surface area contributed by atoms with Gasteiger partial charge in [-0.2, -0.15) is 0 Å². The van der Waals surface area contributed by atoms with Crippen molar-refractivity contribution < 1.29 is 4.74 Å². The number of ether oxygens (including phenoxy) is 1. The van der Waals surface area contributed by atoms with E-state index < -0.39 is 0 Å². The van der Waals surface area contributed by atoms with E-state index >= 15 is 0 Å². The molecule has 0 radical (unpaired) electrons. The molecule has 0 amide bonds. The molecule has 1 saturated carbocycles. The second kappa shape index (κ2) is 5.48. The number of hydrogen-bond donors (Lipinski definition) is 0. The molecule has 0 bridgehead atoms. The zero-order chi connectivity index (χ0) is 11.4. The van der Waals surface area contributed by atoms with Crippen LogP contribution in [-0.2, 0) is 0 Å². The first-order valence-electron chi connectivity index (χ1n) is 5.95. The van der Waals surface area contributed by atoms with Crippen LogP contribution in [0.2, 0.25) is 5.15 Å². The van der Waals surface area contributed by atoms with Gasteiger partial charge >= 0.3 is 0 Å². The van der Waals surface area contributed by atoms with Gasteiger partial charge in [-0.05, 0) is 37.7 Å². The Kier molecular flexibility index (Phi) is 3.99. The van der Waals surface area contributed by atoms with E-state index in [0.717, 1.165) is 6.42 Å². The summed E-state index contributed by atoms with van der Waals surface area (Å²) >= 11 is 5.68. The zero-order valence-corrected chi connectivity index (χ0v) is 10.3. The molecule has 0 aromatic carbocycles. The number of halogens is 1. The third kappa shape index (κ3) is 2.85. The Labute approximate surface area is 101 Å². The molecule has 4 heteroatoms. The van der Waals surface area contributed by atoms with Crippen molar-refractivity contribution in [2.75, 3.05) is 0 Å². The van der Waals surface area contributed by atoms with Crippen LogP contribution in [0.25, 0.3) is 0 Å². The average molecular weight is 241 g/mol. The second-order valence-corrected chi connectivity index (χ2v) is 4.69. The fraction of sp³-hybridized carbons (Fsp3) is 0.667. The van der Waals surface area contributed by atoms with Gasteiger partial charge in [0.15, 0.2) is 5.15 Å². The highest BCUT2D eigenvalue weighted by Gasteiger charge is 2.25. The standard InChI is InChI=1S/C12H17ClN2O/c1-2-9-5-3-4-6-10(9)16-12-8-7-11(13)14-15-12/h7-10H,2-6H2,1H3. The van der Waals surface area contributed by atoms with Crippen molar-refractivity contribution in [2.24, 2.45) is 5.92 Å². The molecule has 1 fully saturated rings. The molecule has 3 nitrogen and oxygen atoms in total. The van der Waals surface area contributed by atoms with Crippen LogP contribution in [0.4, 0.5) is 0 Å². The second-order valence-electron chi connectivity index (χ2n) is 4.30. The summed E-state index contributed by atoms with van der Waals surface area (Å²) in [5.74, 6) is 1.25. The molecule has 1 aromatic rings. The molecule has 2 unspecified atom stereocenters. The maximum atomic E-state index is 5.88. The summed E-state index contributed by atoms with van der Waals surface area (Å²) in [7, 11) is 0. The highest BCUT2D eigenvalue weighted by molar-refractivity contribution is 6.29. The summed E-state index contributed by atoms with van der Waals surface area (Å²) in [5, 5.41) is 8.13. The van der Waals surface area contributed by atoms with Gasteiger partial charge in [-0.15, -0.1) is 10.2 Å². The zero-order valence-electron chi connectivity index (χ0n) is 9.53. The fourth-order valence-electron chi connectivity index (χ4n) is 2.32. The van der Waals surface area contributed by atoms with E-state index in [1.54, 1.807) is 12.1 Å². The lowest BCUT2D eigenvalue weighted by Gasteiger charge is -2.30. The number of aromatic nitrogens is 2. The number of rotatable bonds is 3. The molecule has 16 heavy (non-hydrogen) atoms. The Morgan fingerprint density at radius 1 is 1.31 bits per heavy atom. The molecule has 0 saturated heterocycles. The Hall–Kier alpha value is -0.830. The molecule has 1 aliphatic carbocycles.